The molecule has 2 bridgehead atoms. The molecule has 1 heteroatoms. The normalized spacial score (nSPS) is 43.6. The van der Waals surface area contributed by atoms with Crippen molar-refractivity contribution in [3.05, 3.63) is 0 Å². The Bertz CT molecular complexity index is 359. The van der Waals surface area contributed by atoms with Crippen LogP contribution in [0.15, 0.2) is 0 Å². The average molecular weight is 306 g/mol. The van der Waals surface area contributed by atoms with E-state index in [0.29, 0.717) is 5.41 Å². The first-order valence-electron chi connectivity index (χ1n) is 10.2. The van der Waals surface area contributed by atoms with E-state index in [4.69, 9.17) is 0 Å². The summed E-state index contributed by atoms with van der Waals surface area (Å²) in [4.78, 5) is 0. The Balaban J connectivity index is 1.31. The molecule has 0 aromatic carbocycles. The fraction of sp³-hybridized carbons (Fsp3) is 1.00. The monoisotopic (exact) mass is 305 g/mol. The second-order valence-electron chi connectivity index (χ2n) is 9.52. The van der Waals surface area contributed by atoms with Crippen LogP contribution in [0.4, 0.5) is 0 Å². The van der Waals surface area contributed by atoms with Crippen molar-refractivity contribution in [1.82, 2.24) is 5.32 Å². The van der Waals surface area contributed by atoms with Gasteiger partial charge in [-0.2, -0.15) is 0 Å². The lowest BCUT2D eigenvalue weighted by Gasteiger charge is -2.60. The van der Waals surface area contributed by atoms with E-state index in [0.717, 1.165) is 35.6 Å². The summed E-state index contributed by atoms with van der Waals surface area (Å²) in [5.41, 5.74) is 0.675. The van der Waals surface area contributed by atoms with Crippen molar-refractivity contribution in [3.63, 3.8) is 0 Å². The molecule has 22 heavy (non-hydrogen) atoms. The van der Waals surface area contributed by atoms with Gasteiger partial charge in [0.2, 0.25) is 0 Å². The summed E-state index contributed by atoms with van der Waals surface area (Å²) < 4.78 is 0. The van der Waals surface area contributed by atoms with E-state index >= 15 is 0 Å². The quantitative estimate of drug-likeness (QED) is 0.626. The highest BCUT2D eigenvalue weighted by atomic mass is 14.9. The number of nitrogens with one attached hydrogen (secondary N) is 1. The molecule has 4 rings (SSSR count). The molecule has 1 N–H and O–H groups in total. The Morgan fingerprint density at radius 2 is 1.82 bits per heavy atom. The molecule has 0 radical (unpaired) electrons. The molecule has 0 spiro atoms. The molecule has 0 amide bonds. The van der Waals surface area contributed by atoms with E-state index in [1.807, 2.05) is 0 Å². The topological polar surface area (TPSA) is 12.0 Å². The van der Waals surface area contributed by atoms with Crippen molar-refractivity contribution in [2.45, 2.75) is 91.5 Å². The van der Waals surface area contributed by atoms with Crippen molar-refractivity contribution in [2.75, 3.05) is 6.54 Å². The molecular formula is C21H39N. The van der Waals surface area contributed by atoms with Crippen molar-refractivity contribution in [2.24, 2.45) is 35.0 Å². The maximum absolute atomic E-state index is 3.88. The summed E-state index contributed by atoms with van der Waals surface area (Å²) >= 11 is 0. The van der Waals surface area contributed by atoms with Crippen LogP contribution in [0, 0.1) is 35.0 Å². The summed E-state index contributed by atoms with van der Waals surface area (Å²) in [5, 5.41) is 3.88. The molecule has 1 nitrogen and oxygen atoms in total. The molecule has 4 aliphatic carbocycles. The van der Waals surface area contributed by atoms with Gasteiger partial charge in [-0.05, 0) is 73.7 Å². The van der Waals surface area contributed by atoms with E-state index in [1.54, 1.807) is 6.42 Å². The third kappa shape index (κ3) is 3.25. The molecular weight excluding hydrogens is 266 g/mol. The van der Waals surface area contributed by atoms with Crippen LogP contribution >= 0.6 is 0 Å². The highest BCUT2D eigenvalue weighted by Crippen LogP contribution is 2.62. The highest BCUT2D eigenvalue weighted by molar-refractivity contribution is 5.03. The number of unbranched alkanes of at least 4 members (excludes halogenated alkanes) is 1. The molecule has 0 aliphatic heterocycles. The summed E-state index contributed by atoms with van der Waals surface area (Å²) in [6.07, 6.45) is 13.2. The first-order chi connectivity index (χ1) is 10.5. The van der Waals surface area contributed by atoms with Gasteiger partial charge in [-0.25, -0.2) is 0 Å². The van der Waals surface area contributed by atoms with Crippen LogP contribution in [0.25, 0.3) is 0 Å². The van der Waals surface area contributed by atoms with E-state index in [9.17, 15) is 0 Å². The Morgan fingerprint density at radius 3 is 2.55 bits per heavy atom. The van der Waals surface area contributed by atoms with Crippen molar-refractivity contribution < 1.29 is 0 Å². The molecule has 0 aromatic heterocycles. The van der Waals surface area contributed by atoms with Crippen molar-refractivity contribution in [3.8, 4) is 0 Å². The van der Waals surface area contributed by atoms with Gasteiger partial charge < -0.3 is 5.32 Å². The Kier molecular flexibility index (Phi) is 5.22. The molecule has 4 saturated carbocycles. The van der Waals surface area contributed by atoms with Gasteiger partial charge in [0.05, 0.1) is 0 Å². The Morgan fingerprint density at radius 1 is 1.00 bits per heavy atom. The van der Waals surface area contributed by atoms with Crippen LogP contribution in [0.1, 0.15) is 85.5 Å². The number of hydrogen-bond donors (Lipinski definition) is 1. The molecule has 128 valence electrons. The lowest BCUT2D eigenvalue weighted by atomic mass is 9.45. The van der Waals surface area contributed by atoms with Gasteiger partial charge in [-0.3, -0.25) is 0 Å². The molecule has 0 aromatic rings. The minimum absolute atomic E-state index is 0.675. The second kappa shape index (κ2) is 6.83. The maximum Gasteiger partial charge on any atom is 0.00952 e. The SMILES string of the molecule is CC1CCCC(NCCCC[C@@H]2CC[C@@H]3CC2C3(C)C)C1C. The molecule has 0 heterocycles. The number of rotatable bonds is 6. The van der Waals surface area contributed by atoms with E-state index in [2.05, 4.69) is 33.0 Å². The molecule has 0 saturated heterocycles. The fourth-order valence-corrected chi connectivity index (χ4v) is 6.00. The lowest BCUT2D eigenvalue weighted by Crippen LogP contribution is -2.52. The van der Waals surface area contributed by atoms with Gasteiger partial charge in [-0.1, -0.05) is 53.4 Å². The molecule has 6 atom stereocenters. The Hall–Kier alpha value is -0.0400. The van der Waals surface area contributed by atoms with Crippen LogP contribution < -0.4 is 5.32 Å². The van der Waals surface area contributed by atoms with Crippen molar-refractivity contribution in [1.29, 1.82) is 0 Å². The zero-order valence-corrected chi connectivity index (χ0v) is 15.5. The zero-order valence-electron chi connectivity index (χ0n) is 15.5. The molecule has 4 aliphatic rings. The lowest BCUT2D eigenvalue weighted by molar-refractivity contribution is -0.107. The van der Waals surface area contributed by atoms with Gasteiger partial charge in [-0.15, -0.1) is 0 Å². The van der Waals surface area contributed by atoms with Gasteiger partial charge in [0.1, 0.15) is 0 Å². The minimum atomic E-state index is 0.675. The van der Waals surface area contributed by atoms with Crippen LogP contribution in [0.5, 0.6) is 0 Å². The van der Waals surface area contributed by atoms with E-state index in [1.165, 1.54) is 57.9 Å². The van der Waals surface area contributed by atoms with E-state index < -0.39 is 0 Å². The summed E-state index contributed by atoms with van der Waals surface area (Å²) in [6, 6.07) is 0.796. The summed E-state index contributed by atoms with van der Waals surface area (Å²) in [5.74, 6) is 4.96. The third-order valence-electron chi connectivity index (χ3n) is 8.12. The Labute approximate surface area is 139 Å². The largest absolute Gasteiger partial charge is 0.314 e. The number of hydrogen-bond acceptors (Lipinski definition) is 1. The molecule has 4 unspecified atom stereocenters. The molecule has 4 fully saturated rings. The van der Waals surface area contributed by atoms with Gasteiger partial charge in [0.25, 0.3) is 0 Å². The summed E-state index contributed by atoms with van der Waals surface area (Å²) in [6.45, 7) is 11.2. The predicted octanol–water partition coefficient (Wildman–Crippen LogP) is 5.64. The van der Waals surface area contributed by atoms with Gasteiger partial charge in [0.15, 0.2) is 0 Å². The number of fused-ring (bicyclic) bond motifs is 2. The maximum atomic E-state index is 3.88. The standard InChI is InChI=1S/C21H39N/c1-15-8-7-10-20(16(15)2)22-13-6-5-9-17-11-12-18-14-19(17)21(18,3)4/h15-20,22H,5-14H2,1-4H3/t15?,16?,17-,18-,19?,20?/m1/s1. The van der Waals surface area contributed by atoms with Gasteiger partial charge in [0, 0.05) is 6.04 Å². The first kappa shape index (κ1) is 16.8. The van der Waals surface area contributed by atoms with Crippen LogP contribution in [0.3, 0.4) is 0 Å². The first-order valence-corrected chi connectivity index (χ1v) is 10.2. The highest BCUT2D eigenvalue weighted by Gasteiger charge is 2.53. The van der Waals surface area contributed by atoms with Gasteiger partial charge >= 0.3 is 0 Å². The summed E-state index contributed by atoms with van der Waals surface area (Å²) in [7, 11) is 0. The minimum Gasteiger partial charge on any atom is -0.314 e. The average Bonchev–Trinajstić information content (AvgIpc) is 2.51. The van der Waals surface area contributed by atoms with Crippen LogP contribution in [-0.2, 0) is 0 Å². The smallest absolute Gasteiger partial charge is 0.00952 e. The third-order valence-corrected chi connectivity index (χ3v) is 8.12. The fourth-order valence-electron chi connectivity index (χ4n) is 6.00. The van der Waals surface area contributed by atoms with Crippen molar-refractivity contribution >= 4 is 0 Å². The van der Waals surface area contributed by atoms with Crippen LogP contribution in [-0.4, -0.2) is 12.6 Å². The van der Waals surface area contributed by atoms with Crippen LogP contribution in [0.2, 0.25) is 0 Å². The predicted molar refractivity (Wildman–Crippen MR) is 95.9 cm³/mol. The zero-order chi connectivity index (χ0) is 15.7. The second-order valence-corrected chi connectivity index (χ2v) is 9.52. The van der Waals surface area contributed by atoms with E-state index in [-0.39, 0.29) is 0 Å².